The molecule has 1 aromatic carbocycles. The molecule has 20 heavy (non-hydrogen) atoms. The molecule has 0 radical (unpaired) electrons. The van der Waals surface area contributed by atoms with Crippen LogP contribution in [0.25, 0.3) is 10.6 Å². The second kappa shape index (κ2) is 7.14. The number of rotatable bonds is 6. The SMILES string of the molecule is NCc1ccc(-c2nc(CC(=O)NCCO)cs2)cc1. The number of hydrogen-bond acceptors (Lipinski definition) is 5. The molecule has 2 rings (SSSR count). The maximum absolute atomic E-state index is 11.5. The number of benzene rings is 1. The van der Waals surface area contributed by atoms with E-state index in [0.29, 0.717) is 6.54 Å². The van der Waals surface area contributed by atoms with E-state index < -0.39 is 0 Å². The Kier molecular flexibility index (Phi) is 5.23. The van der Waals surface area contributed by atoms with Gasteiger partial charge in [0.25, 0.3) is 0 Å². The summed E-state index contributed by atoms with van der Waals surface area (Å²) in [5.74, 6) is -0.130. The summed E-state index contributed by atoms with van der Waals surface area (Å²) in [6.45, 7) is 0.742. The number of carbonyl (C=O) groups is 1. The van der Waals surface area contributed by atoms with Crippen molar-refractivity contribution in [2.75, 3.05) is 13.2 Å². The van der Waals surface area contributed by atoms with Crippen molar-refractivity contribution in [2.24, 2.45) is 5.73 Å². The van der Waals surface area contributed by atoms with Gasteiger partial charge in [0.15, 0.2) is 0 Å². The number of hydrogen-bond donors (Lipinski definition) is 3. The maximum Gasteiger partial charge on any atom is 0.226 e. The van der Waals surface area contributed by atoms with Crippen molar-refractivity contribution in [3.05, 3.63) is 40.9 Å². The highest BCUT2D eigenvalue weighted by molar-refractivity contribution is 7.13. The largest absolute Gasteiger partial charge is 0.395 e. The summed E-state index contributed by atoms with van der Waals surface area (Å²) in [6, 6.07) is 7.92. The third-order valence-electron chi connectivity index (χ3n) is 2.76. The molecule has 0 aliphatic heterocycles. The minimum absolute atomic E-state index is 0.0540. The quantitative estimate of drug-likeness (QED) is 0.738. The summed E-state index contributed by atoms with van der Waals surface area (Å²) in [7, 11) is 0. The standard InChI is InChI=1S/C14H17N3O2S/c15-8-10-1-3-11(4-2-10)14-17-12(9-20-14)7-13(19)16-5-6-18/h1-4,9,18H,5-8,15H2,(H,16,19). The average molecular weight is 291 g/mol. The first-order valence-electron chi connectivity index (χ1n) is 6.34. The van der Waals surface area contributed by atoms with Gasteiger partial charge >= 0.3 is 0 Å². The second-order valence-electron chi connectivity index (χ2n) is 4.30. The van der Waals surface area contributed by atoms with Crippen molar-refractivity contribution in [1.82, 2.24) is 10.3 Å². The number of amides is 1. The number of nitrogens with two attached hydrogens (primary N) is 1. The number of aromatic nitrogens is 1. The van der Waals surface area contributed by atoms with Gasteiger partial charge in [0, 0.05) is 24.0 Å². The number of carbonyl (C=O) groups excluding carboxylic acids is 1. The monoisotopic (exact) mass is 291 g/mol. The van der Waals surface area contributed by atoms with Gasteiger partial charge in [0.1, 0.15) is 5.01 Å². The van der Waals surface area contributed by atoms with Crippen LogP contribution >= 0.6 is 11.3 Å². The lowest BCUT2D eigenvalue weighted by Gasteiger charge is -2.00. The lowest BCUT2D eigenvalue weighted by atomic mass is 10.1. The zero-order valence-corrected chi connectivity index (χ0v) is 11.8. The van der Waals surface area contributed by atoms with E-state index >= 15 is 0 Å². The Morgan fingerprint density at radius 1 is 1.35 bits per heavy atom. The molecule has 5 nitrogen and oxygen atoms in total. The number of aliphatic hydroxyl groups is 1. The van der Waals surface area contributed by atoms with Crippen LogP contribution in [0.5, 0.6) is 0 Å². The summed E-state index contributed by atoms with van der Waals surface area (Å²) in [4.78, 5) is 16.0. The average Bonchev–Trinajstić information content (AvgIpc) is 2.93. The molecular weight excluding hydrogens is 274 g/mol. The van der Waals surface area contributed by atoms with Crippen molar-refractivity contribution in [3.8, 4) is 10.6 Å². The predicted octanol–water partition coefficient (Wildman–Crippen LogP) is 0.920. The molecule has 0 aliphatic carbocycles. The highest BCUT2D eigenvalue weighted by Gasteiger charge is 2.08. The zero-order chi connectivity index (χ0) is 14.4. The van der Waals surface area contributed by atoms with Crippen LogP contribution in [0.15, 0.2) is 29.6 Å². The Labute approximate surface area is 121 Å². The smallest absolute Gasteiger partial charge is 0.226 e. The maximum atomic E-state index is 11.5. The van der Waals surface area contributed by atoms with Crippen molar-refractivity contribution in [1.29, 1.82) is 0 Å². The molecule has 0 spiro atoms. The van der Waals surface area contributed by atoms with Gasteiger partial charge in [-0.15, -0.1) is 11.3 Å². The molecule has 6 heteroatoms. The highest BCUT2D eigenvalue weighted by Crippen LogP contribution is 2.24. The normalized spacial score (nSPS) is 10.5. The summed E-state index contributed by atoms with van der Waals surface area (Å²) in [5.41, 5.74) is 8.40. The Bertz CT molecular complexity index is 566. The van der Waals surface area contributed by atoms with E-state index in [4.69, 9.17) is 10.8 Å². The van der Waals surface area contributed by atoms with Gasteiger partial charge in [0.2, 0.25) is 5.91 Å². The van der Waals surface area contributed by atoms with Gasteiger partial charge < -0.3 is 16.2 Å². The van der Waals surface area contributed by atoms with E-state index in [2.05, 4.69) is 10.3 Å². The Morgan fingerprint density at radius 2 is 2.10 bits per heavy atom. The zero-order valence-electron chi connectivity index (χ0n) is 11.0. The predicted molar refractivity (Wildman–Crippen MR) is 79.2 cm³/mol. The van der Waals surface area contributed by atoms with E-state index in [1.165, 1.54) is 11.3 Å². The van der Waals surface area contributed by atoms with Gasteiger partial charge in [0.05, 0.1) is 18.7 Å². The molecule has 0 unspecified atom stereocenters. The molecule has 4 N–H and O–H groups in total. The van der Waals surface area contributed by atoms with Crippen molar-refractivity contribution in [2.45, 2.75) is 13.0 Å². The minimum atomic E-state index is -0.130. The van der Waals surface area contributed by atoms with E-state index in [0.717, 1.165) is 21.8 Å². The third-order valence-corrected chi connectivity index (χ3v) is 3.70. The summed E-state index contributed by atoms with van der Waals surface area (Å²) in [5, 5.41) is 14.0. The molecular formula is C14H17N3O2S. The topological polar surface area (TPSA) is 88.2 Å². The van der Waals surface area contributed by atoms with Crippen LogP contribution in [-0.2, 0) is 17.8 Å². The van der Waals surface area contributed by atoms with E-state index in [9.17, 15) is 4.79 Å². The Hall–Kier alpha value is -1.76. The molecule has 0 saturated carbocycles. The Balaban J connectivity index is 2.02. The highest BCUT2D eigenvalue weighted by atomic mass is 32.1. The molecule has 0 saturated heterocycles. The van der Waals surface area contributed by atoms with E-state index in [-0.39, 0.29) is 25.5 Å². The van der Waals surface area contributed by atoms with Gasteiger partial charge in [-0.25, -0.2) is 4.98 Å². The lowest BCUT2D eigenvalue weighted by molar-refractivity contribution is -0.120. The number of nitrogens with one attached hydrogen (secondary N) is 1. The fraction of sp³-hybridized carbons (Fsp3) is 0.286. The van der Waals surface area contributed by atoms with Crippen LogP contribution < -0.4 is 11.1 Å². The van der Waals surface area contributed by atoms with Crippen LogP contribution in [0.3, 0.4) is 0 Å². The number of aliphatic hydroxyl groups excluding tert-OH is 1. The summed E-state index contributed by atoms with van der Waals surface area (Å²) < 4.78 is 0. The fourth-order valence-corrected chi connectivity index (χ4v) is 2.55. The lowest BCUT2D eigenvalue weighted by Crippen LogP contribution is -2.27. The summed E-state index contributed by atoms with van der Waals surface area (Å²) in [6.07, 6.45) is 0.234. The second-order valence-corrected chi connectivity index (χ2v) is 5.15. The van der Waals surface area contributed by atoms with Gasteiger partial charge in [-0.3, -0.25) is 4.79 Å². The molecule has 0 atom stereocenters. The van der Waals surface area contributed by atoms with Crippen LogP contribution in [0.1, 0.15) is 11.3 Å². The number of thiazole rings is 1. The van der Waals surface area contributed by atoms with Crippen LogP contribution in [0.2, 0.25) is 0 Å². The molecule has 1 amide bonds. The molecule has 0 bridgehead atoms. The molecule has 2 aromatic rings. The molecule has 1 aromatic heterocycles. The fourth-order valence-electron chi connectivity index (χ4n) is 1.73. The molecule has 1 heterocycles. The first-order chi connectivity index (χ1) is 9.72. The third kappa shape index (κ3) is 3.86. The van der Waals surface area contributed by atoms with Gasteiger partial charge in [-0.2, -0.15) is 0 Å². The van der Waals surface area contributed by atoms with Gasteiger partial charge in [-0.05, 0) is 5.56 Å². The van der Waals surface area contributed by atoms with Crippen molar-refractivity contribution >= 4 is 17.2 Å². The van der Waals surface area contributed by atoms with Gasteiger partial charge in [-0.1, -0.05) is 24.3 Å². The Morgan fingerprint density at radius 3 is 2.75 bits per heavy atom. The molecule has 106 valence electrons. The summed E-state index contributed by atoms with van der Waals surface area (Å²) >= 11 is 1.51. The minimum Gasteiger partial charge on any atom is -0.395 e. The number of nitrogens with zero attached hydrogens (tertiary/aromatic N) is 1. The molecule has 0 fully saturated rings. The first kappa shape index (κ1) is 14.6. The van der Waals surface area contributed by atoms with Crippen LogP contribution in [-0.4, -0.2) is 29.1 Å². The van der Waals surface area contributed by atoms with E-state index in [1.54, 1.807) is 0 Å². The molecule has 0 aliphatic rings. The first-order valence-corrected chi connectivity index (χ1v) is 7.22. The van der Waals surface area contributed by atoms with Crippen molar-refractivity contribution < 1.29 is 9.90 Å². The van der Waals surface area contributed by atoms with E-state index in [1.807, 2.05) is 29.6 Å². The van der Waals surface area contributed by atoms with Crippen LogP contribution in [0.4, 0.5) is 0 Å². The van der Waals surface area contributed by atoms with Crippen LogP contribution in [0, 0.1) is 0 Å². The van der Waals surface area contributed by atoms with Crippen molar-refractivity contribution in [3.63, 3.8) is 0 Å².